The molecular formula is C44H73NO8. The van der Waals surface area contributed by atoms with Crippen molar-refractivity contribution in [3.63, 3.8) is 0 Å². The third-order valence-corrected chi connectivity index (χ3v) is 17.0. The van der Waals surface area contributed by atoms with Gasteiger partial charge in [-0.15, -0.1) is 0 Å². The van der Waals surface area contributed by atoms with Crippen LogP contribution in [-0.2, 0) is 19.1 Å². The molecule has 0 aromatic carbocycles. The topological polar surface area (TPSA) is 146 Å². The van der Waals surface area contributed by atoms with Crippen LogP contribution >= 0.6 is 0 Å². The Morgan fingerprint density at radius 2 is 1.58 bits per heavy atom. The second-order valence-corrected chi connectivity index (χ2v) is 20.6. The summed E-state index contributed by atoms with van der Waals surface area (Å²) in [6.45, 7) is 18.5. The van der Waals surface area contributed by atoms with Gasteiger partial charge in [0.1, 0.15) is 24.4 Å². The van der Waals surface area contributed by atoms with Crippen LogP contribution in [0, 0.1) is 50.2 Å². The van der Waals surface area contributed by atoms with E-state index >= 15 is 0 Å². The molecule has 0 unspecified atom stereocenters. The van der Waals surface area contributed by atoms with E-state index in [-0.39, 0.29) is 45.0 Å². The lowest BCUT2D eigenvalue weighted by molar-refractivity contribution is -0.306. The zero-order valence-corrected chi connectivity index (χ0v) is 34.2. The second kappa shape index (κ2) is 14.8. The Morgan fingerprint density at radius 3 is 2.26 bits per heavy atom. The molecule has 0 radical (unpaired) electrons. The molecule has 6 aliphatic rings. The van der Waals surface area contributed by atoms with Gasteiger partial charge >= 0.3 is 5.97 Å². The van der Waals surface area contributed by atoms with Gasteiger partial charge in [0.05, 0.1) is 18.1 Å². The van der Waals surface area contributed by atoms with Crippen LogP contribution in [0.25, 0.3) is 0 Å². The summed E-state index contributed by atoms with van der Waals surface area (Å²) in [7, 11) is 0. The van der Waals surface area contributed by atoms with Gasteiger partial charge in [0.2, 0.25) is 5.91 Å². The average Bonchev–Trinajstić information content (AvgIpc) is 3.08. The molecule has 1 saturated heterocycles. The number of aliphatic hydroxyl groups excluding tert-OH is 3. The van der Waals surface area contributed by atoms with Crippen molar-refractivity contribution < 1.29 is 39.5 Å². The number of carbonyl (C=O) groups excluding carboxylic acids is 1. The maximum atomic E-state index is 13.1. The lowest BCUT2D eigenvalue weighted by Gasteiger charge is -2.71. The molecule has 0 spiro atoms. The molecule has 4 saturated carbocycles. The second-order valence-electron chi connectivity index (χ2n) is 20.6. The Labute approximate surface area is 319 Å². The maximum Gasteiger partial charge on any atom is 0.310 e. The Kier molecular flexibility index (Phi) is 11.5. The minimum Gasteiger partial charge on any atom is -0.481 e. The number of unbranched alkanes of at least 4 members (excludes halogenated alkanes) is 4. The summed E-state index contributed by atoms with van der Waals surface area (Å²) in [4.78, 5) is 26.2. The molecule has 1 heterocycles. The first-order valence-electron chi connectivity index (χ1n) is 21.3. The summed E-state index contributed by atoms with van der Waals surface area (Å²) in [6, 6.07) is -0.953. The van der Waals surface area contributed by atoms with Crippen LogP contribution in [0.15, 0.2) is 11.6 Å². The number of carboxylic acids is 1. The fraction of sp³-hybridized carbons (Fsp3) is 0.909. The number of hydrogen-bond acceptors (Lipinski definition) is 7. The summed E-state index contributed by atoms with van der Waals surface area (Å²) in [6.07, 6.45) is 12.2. The monoisotopic (exact) mass is 744 g/mol. The quantitative estimate of drug-likeness (QED) is 0.0830. The fourth-order valence-electron chi connectivity index (χ4n) is 13.5. The van der Waals surface area contributed by atoms with Gasteiger partial charge in [-0.2, -0.15) is 0 Å². The Hall–Kier alpha value is -1.52. The molecule has 9 nitrogen and oxygen atoms in total. The number of ether oxygens (including phenoxy) is 2. The molecule has 5 N–H and O–H groups in total. The normalized spacial score (nSPS) is 45.8. The molecule has 5 aliphatic carbocycles. The summed E-state index contributed by atoms with van der Waals surface area (Å²) in [5.41, 5.74) is 0.710. The number of aliphatic hydroxyl groups is 3. The van der Waals surface area contributed by atoms with Crippen LogP contribution in [-0.4, -0.2) is 75.7 Å². The third-order valence-electron chi connectivity index (χ3n) is 17.0. The lowest BCUT2D eigenvalue weighted by Crippen LogP contribution is -2.67. The molecule has 302 valence electrons. The highest BCUT2D eigenvalue weighted by Gasteiger charge is 2.69. The van der Waals surface area contributed by atoms with Gasteiger partial charge in [-0.05, 0) is 115 Å². The van der Waals surface area contributed by atoms with Gasteiger partial charge in [0, 0.05) is 6.42 Å². The highest BCUT2D eigenvalue weighted by atomic mass is 16.7. The summed E-state index contributed by atoms with van der Waals surface area (Å²) >= 11 is 0. The largest absolute Gasteiger partial charge is 0.481 e. The van der Waals surface area contributed by atoms with Crippen molar-refractivity contribution in [3.05, 3.63) is 11.6 Å². The van der Waals surface area contributed by atoms with E-state index in [9.17, 15) is 30.0 Å². The molecule has 1 amide bonds. The van der Waals surface area contributed by atoms with Crippen molar-refractivity contribution in [2.45, 2.75) is 195 Å². The van der Waals surface area contributed by atoms with Crippen molar-refractivity contribution >= 4 is 11.9 Å². The first-order valence-corrected chi connectivity index (χ1v) is 21.3. The number of carboxylic acid groups (broad SMARTS) is 1. The fourth-order valence-corrected chi connectivity index (χ4v) is 13.5. The molecule has 53 heavy (non-hydrogen) atoms. The van der Waals surface area contributed by atoms with Gasteiger partial charge in [0.25, 0.3) is 0 Å². The Morgan fingerprint density at radius 1 is 0.887 bits per heavy atom. The molecule has 6 rings (SSSR count). The van der Waals surface area contributed by atoms with Gasteiger partial charge in [-0.1, -0.05) is 92.7 Å². The van der Waals surface area contributed by atoms with E-state index in [0.29, 0.717) is 18.3 Å². The number of amides is 1. The molecule has 1 aliphatic heterocycles. The first-order chi connectivity index (χ1) is 24.8. The lowest BCUT2D eigenvalue weighted by atomic mass is 9.33. The molecule has 9 heteroatoms. The minimum atomic E-state index is -1.35. The first kappa shape index (κ1) is 41.1. The van der Waals surface area contributed by atoms with Crippen molar-refractivity contribution in [1.29, 1.82) is 0 Å². The standard InChI is InChI=1S/C44H73NO8/c1-9-10-11-12-13-14-33(47)45-34-36(49)35(48)29(26-46)52-37(34)53-32-18-19-41(6)30(40(32,4)5)17-20-43(8)31(41)16-15-27-28-25-39(2,3)21-23-44(28,38(50)51)24-22-42(27,43)7/h15,28-32,34-37,46,48-49H,9-14,16-26H2,1-8H3,(H,45,47)(H,50,51)/t28-,29+,30-,31+,32-,34+,35+,36+,37-,41-,42+,43+,44-/m0/s1. The molecule has 0 bridgehead atoms. The van der Waals surface area contributed by atoms with Gasteiger partial charge in [-0.3, -0.25) is 9.59 Å². The number of hydrogen-bond donors (Lipinski definition) is 5. The predicted molar refractivity (Wildman–Crippen MR) is 205 cm³/mol. The van der Waals surface area contributed by atoms with E-state index in [2.05, 4.69) is 66.8 Å². The maximum absolute atomic E-state index is 13.1. The molecular weight excluding hydrogens is 670 g/mol. The minimum absolute atomic E-state index is 0.0384. The highest BCUT2D eigenvalue weighted by molar-refractivity contribution is 5.77. The third kappa shape index (κ3) is 6.76. The van der Waals surface area contributed by atoms with Crippen LogP contribution in [0.2, 0.25) is 0 Å². The van der Waals surface area contributed by atoms with Crippen LogP contribution in [0.5, 0.6) is 0 Å². The molecule has 13 atom stereocenters. The van der Waals surface area contributed by atoms with Gasteiger partial charge in [0.15, 0.2) is 6.29 Å². The van der Waals surface area contributed by atoms with E-state index in [4.69, 9.17) is 9.47 Å². The molecule has 0 aromatic rings. The SMILES string of the molecule is CCCCCCCC(=O)N[C@H]1[C@H](O[C@H]2CC[C@]3(C)[C@H]4CC=C5[C@@H]6CC(C)(C)CC[C@]6(C(=O)O)CC[C@@]5(C)[C@]4(C)CC[C@H]3C2(C)C)O[C@H](CO)[C@@H](O)[C@@H]1O. The van der Waals surface area contributed by atoms with E-state index in [1.165, 1.54) is 5.57 Å². The van der Waals surface area contributed by atoms with Crippen LogP contribution in [0.1, 0.15) is 158 Å². The number of fused-ring (bicyclic) bond motifs is 7. The Balaban J connectivity index is 1.23. The number of nitrogens with one attached hydrogen (secondary N) is 1. The van der Waals surface area contributed by atoms with E-state index < -0.39 is 48.6 Å². The number of aliphatic carboxylic acids is 1. The zero-order valence-electron chi connectivity index (χ0n) is 34.2. The van der Waals surface area contributed by atoms with E-state index in [1.807, 2.05) is 0 Å². The zero-order chi connectivity index (χ0) is 38.8. The van der Waals surface area contributed by atoms with Gasteiger partial charge in [-0.25, -0.2) is 0 Å². The van der Waals surface area contributed by atoms with Crippen molar-refractivity contribution in [1.82, 2.24) is 5.32 Å². The van der Waals surface area contributed by atoms with Crippen LogP contribution < -0.4 is 5.32 Å². The van der Waals surface area contributed by atoms with Crippen molar-refractivity contribution in [3.8, 4) is 0 Å². The van der Waals surface area contributed by atoms with E-state index in [1.54, 1.807) is 0 Å². The predicted octanol–water partition coefficient (Wildman–Crippen LogP) is 7.54. The van der Waals surface area contributed by atoms with Crippen LogP contribution in [0.4, 0.5) is 0 Å². The summed E-state index contributed by atoms with van der Waals surface area (Å²) in [5.74, 6) is 0.0977. The Bertz CT molecular complexity index is 1390. The highest BCUT2D eigenvalue weighted by Crippen LogP contribution is 2.76. The average molecular weight is 744 g/mol. The smallest absolute Gasteiger partial charge is 0.310 e. The molecule has 0 aromatic heterocycles. The number of rotatable bonds is 11. The number of allylic oxidation sites excluding steroid dienone is 2. The molecule has 5 fully saturated rings. The summed E-state index contributed by atoms with van der Waals surface area (Å²) in [5, 5.41) is 45.8. The summed E-state index contributed by atoms with van der Waals surface area (Å²) < 4.78 is 13.0. The van der Waals surface area contributed by atoms with E-state index in [0.717, 1.165) is 96.3 Å². The van der Waals surface area contributed by atoms with Gasteiger partial charge < -0.3 is 35.2 Å². The number of carbonyl (C=O) groups is 2. The van der Waals surface area contributed by atoms with Crippen molar-refractivity contribution in [2.24, 2.45) is 50.2 Å². The van der Waals surface area contributed by atoms with Crippen molar-refractivity contribution in [2.75, 3.05) is 6.61 Å². The van der Waals surface area contributed by atoms with Crippen LogP contribution in [0.3, 0.4) is 0 Å².